The van der Waals surface area contributed by atoms with Crippen LogP contribution in [0.15, 0.2) is 18.2 Å². The first-order valence-electron chi connectivity index (χ1n) is 4.86. The van der Waals surface area contributed by atoms with Crippen LogP contribution in [-0.4, -0.2) is 24.0 Å². The van der Waals surface area contributed by atoms with Gasteiger partial charge in [-0.05, 0) is 19.1 Å². The molecule has 0 aliphatic carbocycles. The van der Waals surface area contributed by atoms with Gasteiger partial charge in [-0.15, -0.1) is 0 Å². The van der Waals surface area contributed by atoms with Crippen molar-refractivity contribution in [3.8, 4) is 0 Å². The lowest BCUT2D eigenvalue weighted by atomic mass is 10.2. The number of halogens is 1. The highest BCUT2D eigenvalue weighted by Crippen LogP contribution is 2.21. The van der Waals surface area contributed by atoms with Gasteiger partial charge in [-0.2, -0.15) is 4.39 Å². The number of nitrogens with zero attached hydrogens (tertiary/aromatic N) is 1. The molecule has 0 atom stereocenters. The van der Waals surface area contributed by atoms with E-state index < -0.39 is 22.3 Å². The van der Waals surface area contributed by atoms with Crippen molar-refractivity contribution < 1.29 is 18.8 Å². The third-order valence-corrected chi connectivity index (χ3v) is 1.86. The Morgan fingerprint density at radius 1 is 1.59 bits per heavy atom. The molecule has 0 heterocycles. The summed E-state index contributed by atoms with van der Waals surface area (Å²) >= 11 is 0. The first-order valence-corrected chi connectivity index (χ1v) is 4.86. The monoisotopic (exact) mass is 242 g/mol. The van der Waals surface area contributed by atoms with Crippen molar-refractivity contribution in [3.63, 3.8) is 0 Å². The zero-order valence-electron chi connectivity index (χ0n) is 9.10. The van der Waals surface area contributed by atoms with E-state index in [2.05, 4.69) is 5.32 Å². The molecule has 92 valence electrons. The molecular weight excluding hydrogens is 231 g/mol. The van der Waals surface area contributed by atoms with E-state index in [1.54, 1.807) is 6.92 Å². The summed E-state index contributed by atoms with van der Waals surface area (Å²) in [6, 6.07) is 3.12. The van der Waals surface area contributed by atoms with E-state index in [0.29, 0.717) is 6.61 Å². The molecule has 0 bridgehead atoms. The highest BCUT2D eigenvalue weighted by atomic mass is 19.1. The Morgan fingerprint density at radius 3 is 2.88 bits per heavy atom. The third-order valence-electron chi connectivity index (χ3n) is 1.86. The fourth-order valence-electron chi connectivity index (χ4n) is 1.12. The predicted molar refractivity (Wildman–Crippen MR) is 58.2 cm³/mol. The molecule has 0 radical (unpaired) electrons. The number of anilines is 1. The Balaban J connectivity index is 2.75. The molecular formula is C10H11FN2O4. The first-order chi connectivity index (χ1) is 8.04. The van der Waals surface area contributed by atoms with Crippen LogP contribution in [0.2, 0.25) is 0 Å². The quantitative estimate of drug-likeness (QED) is 0.629. The standard InChI is InChI=1S/C10H11FN2O4/c1-2-17-6-10(14)12-7-3-4-8(11)9(5-7)13(15)16/h3-5H,2,6H2,1H3,(H,12,14). The molecule has 6 nitrogen and oxygen atoms in total. The van der Waals surface area contributed by atoms with Crippen molar-refractivity contribution in [2.45, 2.75) is 6.92 Å². The molecule has 0 aromatic heterocycles. The van der Waals surface area contributed by atoms with Gasteiger partial charge < -0.3 is 10.1 Å². The van der Waals surface area contributed by atoms with Crippen LogP contribution in [0.25, 0.3) is 0 Å². The van der Waals surface area contributed by atoms with Crippen LogP contribution in [0, 0.1) is 15.9 Å². The van der Waals surface area contributed by atoms with Gasteiger partial charge in [0.1, 0.15) is 6.61 Å². The van der Waals surface area contributed by atoms with Gasteiger partial charge in [0.25, 0.3) is 0 Å². The van der Waals surface area contributed by atoms with Crippen molar-refractivity contribution in [3.05, 3.63) is 34.1 Å². The van der Waals surface area contributed by atoms with E-state index in [9.17, 15) is 19.3 Å². The van der Waals surface area contributed by atoms with Crippen molar-refractivity contribution in [2.24, 2.45) is 0 Å². The Labute approximate surface area is 96.5 Å². The Bertz CT molecular complexity index is 436. The largest absolute Gasteiger partial charge is 0.372 e. The Kier molecular flexibility index (Phi) is 4.53. The van der Waals surface area contributed by atoms with Crippen molar-refractivity contribution in [2.75, 3.05) is 18.5 Å². The molecule has 17 heavy (non-hydrogen) atoms. The van der Waals surface area contributed by atoms with Gasteiger partial charge in [-0.3, -0.25) is 14.9 Å². The number of nitro groups is 1. The van der Waals surface area contributed by atoms with Crippen LogP contribution in [0.3, 0.4) is 0 Å². The minimum Gasteiger partial charge on any atom is -0.372 e. The van der Waals surface area contributed by atoms with Crippen molar-refractivity contribution in [1.82, 2.24) is 0 Å². The Hall–Kier alpha value is -2.02. The van der Waals surface area contributed by atoms with Gasteiger partial charge in [0.05, 0.1) is 4.92 Å². The summed E-state index contributed by atoms with van der Waals surface area (Å²) in [5, 5.41) is 12.8. The summed E-state index contributed by atoms with van der Waals surface area (Å²) < 4.78 is 17.8. The van der Waals surface area contributed by atoms with Gasteiger partial charge in [0, 0.05) is 18.4 Å². The lowest BCUT2D eigenvalue weighted by Gasteiger charge is -2.05. The molecule has 0 spiro atoms. The number of carbonyl (C=O) groups excluding carboxylic acids is 1. The molecule has 1 aromatic rings. The van der Waals surface area contributed by atoms with Crippen molar-refractivity contribution >= 4 is 17.3 Å². The lowest BCUT2D eigenvalue weighted by molar-refractivity contribution is -0.387. The van der Waals surface area contributed by atoms with Gasteiger partial charge in [-0.1, -0.05) is 0 Å². The van der Waals surface area contributed by atoms with Crippen LogP contribution in [0.1, 0.15) is 6.92 Å². The molecule has 0 aliphatic rings. The average Bonchev–Trinajstić information content (AvgIpc) is 2.28. The van der Waals surface area contributed by atoms with E-state index in [-0.39, 0.29) is 12.3 Å². The zero-order chi connectivity index (χ0) is 12.8. The van der Waals surface area contributed by atoms with Gasteiger partial charge in [0.15, 0.2) is 0 Å². The predicted octanol–water partition coefficient (Wildman–Crippen LogP) is 1.71. The lowest BCUT2D eigenvalue weighted by Crippen LogP contribution is -2.18. The average molecular weight is 242 g/mol. The molecule has 0 fully saturated rings. The number of hydrogen-bond acceptors (Lipinski definition) is 4. The van der Waals surface area contributed by atoms with Crippen LogP contribution < -0.4 is 5.32 Å². The summed E-state index contributed by atoms with van der Waals surface area (Å²) in [5.41, 5.74) is -0.526. The minimum absolute atomic E-state index is 0.151. The van der Waals surface area contributed by atoms with E-state index >= 15 is 0 Å². The molecule has 0 saturated heterocycles. The summed E-state index contributed by atoms with van der Waals surface area (Å²) in [6.45, 7) is 1.97. The number of hydrogen-bond donors (Lipinski definition) is 1. The number of carbonyl (C=O) groups is 1. The maximum Gasteiger partial charge on any atom is 0.306 e. The highest BCUT2D eigenvalue weighted by molar-refractivity contribution is 5.91. The topological polar surface area (TPSA) is 81.5 Å². The summed E-state index contributed by atoms with van der Waals surface area (Å²) in [4.78, 5) is 20.8. The minimum atomic E-state index is -0.946. The van der Waals surface area contributed by atoms with Crippen LogP contribution in [0.4, 0.5) is 15.8 Å². The maximum atomic E-state index is 13.0. The number of benzene rings is 1. The molecule has 7 heteroatoms. The zero-order valence-corrected chi connectivity index (χ0v) is 9.10. The smallest absolute Gasteiger partial charge is 0.306 e. The fraction of sp³-hybridized carbons (Fsp3) is 0.300. The van der Waals surface area contributed by atoms with Crippen LogP contribution in [-0.2, 0) is 9.53 Å². The van der Waals surface area contributed by atoms with E-state index in [1.807, 2.05) is 0 Å². The van der Waals surface area contributed by atoms with Gasteiger partial charge >= 0.3 is 5.69 Å². The summed E-state index contributed by atoms with van der Waals surface area (Å²) in [5.74, 6) is -1.40. The number of rotatable bonds is 5. The second kappa shape index (κ2) is 5.90. The Morgan fingerprint density at radius 2 is 2.29 bits per heavy atom. The van der Waals surface area contributed by atoms with E-state index in [0.717, 1.165) is 12.1 Å². The van der Waals surface area contributed by atoms with Crippen LogP contribution >= 0.6 is 0 Å². The number of nitrogens with one attached hydrogen (secondary N) is 1. The number of amides is 1. The summed E-state index contributed by atoms with van der Waals surface area (Å²) in [7, 11) is 0. The first kappa shape index (κ1) is 13.0. The fourth-order valence-corrected chi connectivity index (χ4v) is 1.12. The van der Waals surface area contributed by atoms with E-state index in [4.69, 9.17) is 4.74 Å². The van der Waals surface area contributed by atoms with Crippen LogP contribution in [0.5, 0.6) is 0 Å². The highest BCUT2D eigenvalue weighted by Gasteiger charge is 2.15. The second-order valence-electron chi connectivity index (χ2n) is 3.11. The molecule has 1 N–H and O–H groups in total. The molecule has 1 rings (SSSR count). The number of nitro benzene ring substituents is 1. The molecule has 0 aliphatic heterocycles. The number of ether oxygens (including phenoxy) is 1. The normalized spacial score (nSPS) is 10.0. The molecule has 0 unspecified atom stereocenters. The van der Waals surface area contributed by atoms with Gasteiger partial charge in [0.2, 0.25) is 11.7 Å². The SMILES string of the molecule is CCOCC(=O)Nc1ccc(F)c([N+](=O)[O-])c1. The van der Waals surface area contributed by atoms with Gasteiger partial charge in [-0.25, -0.2) is 0 Å². The summed E-state index contributed by atoms with van der Waals surface area (Å²) in [6.07, 6.45) is 0. The second-order valence-corrected chi connectivity index (χ2v) is 3.11. The molecule has 0 saturated carbocycles. The maximum absolute atomic E-state index is 13.0. The molecule has 1 aromatic carbocycles. The molecule has 1 amide bonds. The third kappa shape index (κ3) is 3.80. The van der Waals surface area contributed by atoms with E-state index in [1.165, 1.54) is 6.07 Å². The van der Waals surface area contributed by atoms with Crippen molar-refractivity contribution in [1.29, 1.82) is 0 Å².